The Balaban J connectivity index is 1.10. The molecule has 0 spiro atoms. The first kappa shape index (κ1) is 20.5. The topological polar surface area (TPSA) is 38.7 Å². The van der Waals surface area contributed by atoms with E-state index in [0.29, 0.717) is 0 Å². The maximum atomic E-state index is 4.70. The lowest BCUT2D eigenvalue weighted by Crippen LogP contribution is -2.31. The highest BCUT2D eigenvalue weighted by Gasteiger charge is 2.29. The van der Waals surface area contributed by atoms with Crippen LogP contribution in [0.1, 0.15) is 12.8 Å². The maximum Gasteiger partial charge on any atom is 0.154 e. The molecule has 6 nitrogen and oxygen atoms in total. The second-order valence-electron chi connectivity index (χ2n) is 8.74. The molecule has 4 aromatic rings. The highest BCUT2D eigenvalue weighted by molar-refractivity contribution is 5.80. The van der Waals surface area contributed by atoms with E-state index in [9.17, 15) is 0 Å². The Hall–Kier alpha value is -4.06. The van der Waals surface area contributed by atoms with Crippen LogP contribution in [0.3, 0.4) is 0 Å². The van der Waals surface area contributed by atoms with Crippen molar-refractivity contribution in [2.45, 2.75) is 12.8 Å². The molecule has 0 N–H and O–H groups in total. The quantitative estimate of drug-likeness (QED) is 0.333. The van der Waals surface area contributed by atoms with Crippen molar-refractivity contribution in [3.05, 3.63) is 97.3 Å². The molecule has 0 saturated heterocycles. The monoisotopic (exact) mass is 448 g/mol. The molecule has 6 heteroatoms. The van der Waals surface area contributed by atoms with Crippen LogP contribution in [0.25, 0.3) is 0 Å². The Morgan fingerprint density at radius 2 is 0.971 bits per heavy atom. The highest BCUT2D eigenvalue weighted by Crippen LogP contribution is 2.40. The molecule has 170 valence electrons. The van der Waals surface area contributed by atoms with Gasteiger partial charge in [0.1, 0.15) is 0 Å². The van der Waals surface area contributed by atoms with Crippen molar-refractivity contribution in [2.24, 2.45) is 0 Å². The van der Waals surface area contributed by atoms with E-state index in [-0.39, 0.29) is 0 Å². The van der Waals surface area contributed by atoms with Crippen LogP contribution in [0, 0.1) is 0 Å². The molecule has 0 unspecified atom stereocenters. The summed E-state index contributed by atoms with van der Waals surface area (Å²) < 4.78 is 0. The fourth-order valence-corrected chi connectivity index (χ4v) is 4.93. The summed E-state index contributed by atoms with van der Waals surface area (Å²) in [6.45, 7) is 3.65. The predicted octanol–water partition coefficient (Wildman–Crippen LogP) is 5.79. The van der Waals surface area contributed by atoms with Gasteiger partial charge in [0.2, 0.25) is 0 Å². The number of hydrogen-bond acceptors (Lipinski definition) is 6. The zero-order chi connectivity index (χ0) is 22.7. The number of hydrogen-bond donors (Lipinski definition) is 0. The summed E-state index contributed by atoms with van der Waals surface area (Å²) in [6.07, 6.45) is 5.99. The molecular formula is C28H28N6. The van der Waals surface area contributed by atoms with Crippen LogP contribution in [0.2, 0.25) is 0 Å². The van der Waals surface area contributed by atoms with Gasteiger partial charge in [0.05, 0.1) is 24.7 Å². The summed E-state index contributed by atoms with van der Waals surface area (Å²) in [4.78, 5) is 18.9. The molecule has 6 rings (SSSR count). The molecule has 0 atom stereocenters. The summed E-state index contributed by atoms with van der Waals surface area (Å²) in [5.41, 5.74) is 4.79. The van der Waals surface area contributed by atoms with Crippen LogP contribution in [-0.2, 0) is 0 Å². The van der Waals surface area contributed by atoms with Gasteiger partial charge in [-0.15, -0.1) is 0 Å². The van der Waals surface area contributed by atoms with Gasteiger partial charge in [-0.1, -0.05) is 36.4 Å². The lowest BCUT2D eigenvalue weighted by atomic mass is 10.2. The first-order valence-electron chi connectivity index (χ1n) is 11.9. The van der Waals surface area contributed by atoms with E-state index in [0.717, 1.165) is 50.9 Å². The van der Waals surface area contributed by atoms with Crippen LogP contribution in [0.5, 0.6) is 0 Å². The molecule has 0 radical (unpaired) electrons. The minimum Gasteiger partial charge on any atom is -0.337 e. The van der Waals surface area contributed by atoms with Gasteiger partial charge in [-0.05, 0) is 61.4 Å². The van der Waals surface area contributed by atoms with Gasteiger partial charge in [0, 0.05) is 36.9 Å². The van der Waals surface area contributed by atoms with Crippen molar-refractivity contribution in [3.8, 4) is 0 Å². The second kappa shape index (κ2) is 9.06. The zero-order valence-corrected chi connectivity index (χ0v) is 19.2. The number of pyridine rings is 2. The molecule has 4 heterocycles. The van der Waals surface area contributed by atoms with Crippen LogP contribution in [0.15, 0.2) is 97.3 Å². The van der Waals surface area contributed by atoms with E-state index in [2.05, 4.69) is 92.4 Å². The lowest BCUT2D eigenvalue weighted by Gasteiger charge is -2.23. The van der Waals surface area contributed by atoms with E-state index in [4.69, 9.17) is 9.97 Å². The maximum absolute atomic E-state index is 4.70. The third-order valence-electron chi connectivity index (χ3n) is 6.58. The Morgan fingerprint density at radius 3 is 1.41 bits per heavy atom. The van der Waals surface area contributed by atoms with E-state index < -0.39 is 0 Å². The van der Waals surface area contributed by atoms with Crippen molar-refractivity contribution < 1.29 is 0 Å². The van der Waals surface area contributed by atoms with Gasteiger partial charge in [-0.25, -0.2) is 9.97 Å². The average molecular weight is 449 g/mol. The normalized spacial score (nSPS) is 14.5. The SMILES string of the molecule is c1ccc(N2CN(CCCCN3CN(c4ccccc4)c4cccnc43)c3ncccc32)cc1. The summed E-state index contributed by atoms with van der Waals surface area (Å²) in [6, 6.07) is 29.5. The molecule has 34 heavy (non-hydrogen) atoms. The molecule has 0 fully saturated rings. The van der Waals surface area contributed by atoms with E-state index >= 15 is 0 Å². The Morgan fingerprint density at radius 1 is 0.529 bits per heavy atom. The van der Waals surface area contributed by atoms with E-state index in [1.807, 2.05) is 24.5 Å². The standard InChI is InChI=1S/C28H28N6/c1-3-11-23(12-4-1)33-21-31(27-25(33)15-9-17-29-27)19-7-8-20-32-22-34(24-13-5-2-6-14-24)26-16-10-18-30-28(26)32/h1-6,9-18H,7-8,19-22H2. The number of anilines is 6. The second-order valence-corrected chi connectivity index (χ2v) is 8.74. The summed E-state index contributed by atoms with van der Waals surface area (Å²) in [5.74, 6) is 2.16. The smallest absolute Gasteiger partial charge is 0.154 e. The van der Waals surface area contributed by atoms with Gasteiger partial charge >= 0.3 is 0 Å². The van der Waals surface area contributed by atoms with E-state index in [1.165, 1.54) is 22.7 Å². The molecule has 0 saturated carbocycles. The Bertz CT molecular complexity index is 1150. The van der Waals surface area contributed by atoms with E-state index in [1.54, 1.807) is 0 Å². The van der Waals surface area contributed by atoms with Crippen LogP contribution < -0.4 is 19.6 Å². The van der Waals surface area contributed by atoms with Gasteiger partial charge in [0.25, 0.3) is 0 Å². The first-order valence-corrected chi connectivity index (χ1v) is 11.9. The Labute approximate surface area is 200 Å². The van der Waals surface area contributed by atoms with Crippen molar-refractivity contribution in [2.75, 3.05) is 46.0 Å². The minimum atomic E-state index is 0.840. The van der Waals surface area contributed by atoms with Crippen molar-refractivity contribution in [1.82, 2.24) is 9.97 Å². The zero-order valence-electron chi connectivity index (χ0n) is 19.2. The fraction of sp³-hybridized carbons (Fsp3) is 0.214. The fourth-order valence-electron chi connectivity index (χ4n) is 4.93. The number of para-hydroxylation sites is 2. The number of unbranched alkanes of at least 4 members (excludes halogenated alkanes) is 1. The van der Waals surface area contributed by atoms with Gasteiger partial charge < -0.3 is 19.6 Å². The van der Waals surface area contributed by atoms with Crippen LogP contribution >= 0.6 is 0 Å². The van der Waals surface area contributed by atoms with Crippen molar-refractivity contribution >= 4 is 34.4 Å². The molecule has 0 bridgehead atoms. The largest absolute Gasteiger partial charge is 0.337 e. The molecule has 2 aromatic heterocycles. The van der Waals surface area contributed by atoms with Gasteiger partial charge in [0.15, 0.2) is 11.6 Å². The number of nitrogens with zero attached hydrogens (tertiary/aromatic N) is 6. The number of benzene rings is 2. The van der Waals surface area contributed by atoms with Crippen molar-refractivity contribution in [1.29, 1.82) is 0 Å². The first-order chi connectivity index (χ1) is 16.9. The molecule has 2 aromatic carbocycles. The number of aromatic nitrogens is 2. The molecule has 0 amide bonds. The molecular weight excluding hydrogens is 420 g/mol. The van der Waals surface area contributed by atoms with Crippen LogP contribution in [0.4, 0.5) is 34.4 Å². The molecule has 2 aliphatic heterocycles. The third kappa shape index (κ3) is 3.81. The van der Waals surface area contributed by atoms with Crippen LogP contribution in [-0.4, -0.2) is 36.4 Å². The average Bonchev–Trinajstić information content (AvgIpc) is 3.47. The third-order valence-corrected chi connectivity index (χ3v) is 6.58. The van der Waals surface area contributed by atoms with Gasteiger partial charge in [-0.3, -0.25) is 0 Å². The highest BCUT2D eigenvalue weighted by atomic mass is 15.4. The number of rotatable bonds is 7. The Kier molecular flexibility index (Phi) is 5.47. The van der Waals surface area contributed by atoms with Crippen molar-refractivity contribution in [3.63, 3.8) is 0 Å². The predicted molar refractivity (Wildman–Crippen MR) is 139 cm³/mol. The summed E-state index contributed by atoms with van der Waals surface area (Å²) in [7, 11) is 0. The summed E-state index contributed by atoms with van der Waals surface area (Å²) >= 11 is 0. The lowest BCUT2D eigenvalue weighted by molar-refractivity contribution is 0.673. The molecule has 0 aliphatic carbocycles. The summed E-state index contributed by atoms with van der Waals surface area (Å²) in [5, 5.41) is 0. The van der Waals surface area contributed by atoms with Gasteiger partial charge in [-0.2, -0.15) is 0 Å². The number of fused-ring (bicyclic) bond motifs is 2. The minimum absolute atomic E-state index is 0.840. The molecule has 2 aliphatic rings.